The molecule has 0 unspecified atom stereocenters. The van der Waals surface area contributed by atoms with Gasteiger partial charge in [-0.15, -0.1) is 0 Å². The van der Waals surface area contributed by atoms with Crippen LogP contribution in [0.3, 0.4) is 0 Å². The molecule has 2 nitrogen and oxygen atoms in total. The third-order valence-electron chi connectivity index (χ3n) is 4.13. The molecule has 0 aromatic heterocycles. The maximum atomic E-state index is 11.6. The lowest BCUT2D eigenvalue weighted by Gasteiger charge is -2.26. The molecule has 1 N–H and O–H groups in total. The highest BCUT2D eigenvalue weighted by atomic mass is 16.4. The van der Waals surface area contributed by atoms with Gasteiger partial charge in [0.15, 0.2) is 0 Å². The maximum Gasteiger partial charge on any atom is 0.309 e. The lowest BCUT2D eigenvalue weighted by Crippen LogP contribution is -2.29. The Morgan fingerprint density at radius 1 is 1.11 bits per heavy atom. The first-order valence-corrected chi connectivity index (χ1v) is 7.18. The van der Waals surface area contributed by atoms with Crippen LogP contribution < -0.4 is 0 Å². The van der Waals surface area contributed by atoms with Crippen molar-refractivity contribution < 1.29 is 9.90 Å². The minimum atomic E-state index is -0.618. The van der Waals surface area contributed by atoms with Crippen molar-refractivity contribution in [3.8, 4) is 0 Å². The Labute approximate surface area is 115 Å². The Hall–Kier alpha value is -1.57. The van der Waals surface area contributed by atoms with Gasteiger partial charge in [-0.05, 0) is 24.8 Å². The van der Waals surface area contributed by atoms with Crippen LogP contribution in [-0.4, -0.2) is 11.1 Å². The van der Waals surface area contributed by atoms with Crippen LogP contribution in [0.5, 0.6) is 0 Å². The van der Waals surface area contributed by atoms with Crippen LogP contribution in [0.1, 0.15) is 50.5 Å². The third kappa shape index (κ3) is 3.69. The molecule has 0 atom stereocenters. The molecule has 0 radical (unpaired) electrons. The first-order valence-electron chi connectivity index (χ1n) is 7.18. The number of aliphatic carboxylic acids is 1. The SMILES string of the molecule is O=C(O)C1(CC=Cc2ccccc2)CCCCCC1. The van der Waals surface area contributed by atoms with E-state index in [1.54, 1.807) is 0 Å². The van der Waals surface area contributed by atoms with Gasteiger partial charge in [0, 0.05) is 0 Å². The Balaban J connectivity index is 2.04. The van der Waals surface area contributed by atoms with Gasteiger partial charge in [0.25, 0.3) is 0 Å². The van der Waals surface area contributed by atoms with E-state index >= 15 is 0 Å². The van der Waals surface area contributed by atoms with Crippen LogP contribution in [0.25, 0.3) is 6.08 Å². The molecule has 2 heteroatoms. The number of hydrogen-bond acceptors (Lipinski definition) is 1. The quantitative estimate of drug-likeness (QED) is 0.806. The molecule has 1 fully saturated rings. The monoisotopic (exact) mass is 258 g/mol. The molecule has 0 amide bonds. The van der Waals surface area contributed by atoms with E-state index in [1.807, 2.05) is 42.5 Å². The van der Waals surface area contributed by atoms with Crippen LogP contribution in [0.15, 0.2) is 36.4 Å². The summed E-state index contributed by atoms with van der Waals surface area (Å²) in [5.74, 6) is -0.618. The summed E-state index contributed by atoms with van der Waals surface area (Å²) in [6, 6.07) is 10.1. The molecule has 102 valence electrons. The van der Waals surface area contributed by atoms with Gasteiger partial charge in [-0.25, -0.2) is 0 Å². The highest BCUT2D eigenvalue weighted by Crippen LogP contribution is 2.38. The molecular formula is C17H22O2. The minimum Gasteiger partial charge on any atom is -0.481 e. The molecule has 1 aliphatic rings. The molecule has 0 heterocycles. The van der Waals surface area contributed by atoms with Crippen molar-refractivity contribution in [2.24, 2.45) is 5.41 Å². The molecule has 0 aliphatic heterocycles. The molecular weight excluding hydrogens is 236 g/mol. The highest BCUT2D eigenvalue weighted by Gasteiger charge is 2.37. The largest absolute Gasteiger partial charge is 0.481 e. The minimum absolute atomic E-state index is 0.526. The predicted octanol–water partition coefficient (Wildman–Crippen LogP) is 4.52. The normalized spacial score (nSPS) is 19.2. The molecule has 2 rings (SSSR count). The second-order valence-electron chi connectivity index (χ2n) is 5.52. The lowest BCUT2D eigenvalue weighted by atomic mass is 9.77. The molecule has 1 aliphatic carbocycles. The number of benzene rings is 1. The van der Waals surface area contributed by atoms with E-state index in [1.165, 1.54) is 12.8 Å². The topological polar surface area (TPSA) is 37.3 Å². The van der Waals surface area contributed by atoms with Crippen LogP contribution >= 0.6 is 0 Å². The summed E-state index contributed by atoms with van der Waals surface area (Å²) in [4.78, 5) is 11.6. The fourth-order valence-electron chi connectivity index (χ4n) is 2.90. The first kappa shape index (κ1) is 13.9. The van der Waals surface area contributed by atoms with E-state index in [-0.39, 0.29) is 0 Å². The Bertz CT molecular complexity index is 426. The van der Waals surface area contributed by atoms with Crippen molar-refractivity contribution >= 4 is 12.0 Å². The Morgan fingerprint density at radius 2 is 1.74 bits per heavy atom. The zero-order chi connectivity index (χ0) is 13.6. The lowest BCUT2D eigenvalue weighted by molar-refractivity contribution is -0.149. The fraction of sp³-hybridized carbons (Fsp3) is 0.471. The number of rotatable bonds is 4. The van der Waals surface area contributed by atoms with Crippen LogP contribution in [0.2, 0.25) is 0 Å². The standard InChI is InChI=1S/C17H22O2/c18-16(19)17(12-6-1-2-7-13-17)14-8-11-15-9-4-3-5-10-15/h3-5,8-11H,1-2,6-7,12-14H2,(H,18,19). The van der Waals surface area contributed by atoms with Crippen molar-refractivity contribution in [2.45, 2.75) is 44.9 Å². The maximum absolute atomic E-state index is 11.6. The fourth-order valence-corrected chi connectivity index (χ4v) is 2.90. The summed E-state index contributed by atoms with van der Waals surface area (Å²) in [6.07, 6.45) is 10.8. The van der Waals surface area contributed by atoms with E-state index in [4.69, 9.17) is 0 Å². The summed E-state index contributed by atoms with van der Waals surface area (Å²) < 4.78 is 0. The van der Waals surface area contributed by atoms with Crippen LogP contribution in [-0.2, 0) is 4.79 Å². The summed E-state index contributed by atoms with van der Waals surface area (Å²) in [5, 5.41) is 9.58. The number of carboxylic acid groups (broad SMARTS) is 1. The molecule has 0 spiro atoms. The summed E-state index contributed by atoms with van der Waals surface area (Å²) >= 11 is 0. The van der Waals surface area contributed by atoms with Crippen LogP contribution in [0, 0.1) is 5.41 Å². The van der Waals surface area contributed by atoms with Crippen molar-refractivity contribution in [1.82, 2.24) is 0 Å². The molecule has 0 bridgehead atoms. The van der Waals surface area contributed by atoms with E-state index < -0.39 is 11.4 Å². The zero-order valence-corrected chi connectivity index (χ0v) is 11.3. The second kappa shape index (κ2) is 6.55. The summed E-state index contributed by atoms with van der Waals surface area (Å²) in [5.41, 5.74) is 0.610. The summed E-state index contributed by atoms with van der Waals surface area (Å²) in [6.45, 7) is 0. The summed E-state index contributed by atoms with van der Waals surface area (Å²) in [7, 11) is 0. The highest BCUT2D eigenvalue weighted by molar-refractivity contribution is 5.75. The van der Waals surface area contributed by atoms with E-state index in [2.05, 4.69) is 0 Å². The van der Waals surface area contributed by atoms with Crippen molar-refractivity contribution in [3.63, 3.8) is 0 Å². The number of carbonyl (C=O) groups is 1. The van der Waals surface area contributed by atoms with Gasteiger partial charge >= 0.3 is 5.97 Å². The van der Waals surface area contributed by atoms with Gasteiger partial charge < -0.3 is 5.11 Å². The van der Waals surface area contributed by atoms with Crippen molar-refractivity contribution in [2.75, 3.05) is 0 Å². The number of allylic oxidation sites excluding steroid dienone is 1. The Kier molecular flexibility index (Phi) is 4.78. The van der Waals surface area contributed by atoms with Crippen LogP contribution in [0.4, 0.5) is 0 Å². The van der Waals surface area contributed by atoms with Gasteiger partial charge in [0.05, 0.1) is 5.41 Å². The molecule has 1 aromatic rings. The molecule has 19 heavy (non-hydrogen) atoms. The number of hydrogen-bond donors (Lipinski definition) is 1. The van der Waals surface area contributed by atoms with E-state index in [0.717, 1.165) is 31.2 Å². The van der Waals surface area contributed by atoms with Gasteiger partial charge in [0.1, 0.15) is 0 Å². The van der Waals surface area contributed by atoms with E-state index in [9.17, 15) is 9.90 Å². The van der Waals surface area contributed by atoms with Crippen molar-refractivity contribution in [1.29, 1.82) is 0 Å². The van der Waals surface area contributed by atoms with E-state index in [0.29, 0.717) is 6.42 Å². The van der Waals surface area contributed by atoms with Gasteiger partial charge in [-0.2, -0.15) is 0 Å². The average molecular weight is 258 g/mol. The number of carboxylic acids is 1. The first-order chi connectivity index (χ1) is 9.23. The third-order valence-corrected chi connectivity index (χ3v) is 4.13. The smallest absolute Gasteiger partial charge is 0.309 e. The van der Waals surface area contributed by atoms with Gasteiger partial charge in [-0.1, -0.05) is 68.2 Å². The Morgan fingerprint density at radius 3 is 2.32 bits per heavy atom. The molecule has 0 saturated heterocycles. The average Bonchev–Trinajstić information content (AvgIpc) is 2.67. The second-order valence-corrected chi connectivity index (χ2v) is 5.52. The van der Waals surface area contributed by atoms with Gasteiger partial charge in [0.2, 0.25) is 0 Å². The predicted molar refractivity (Wildman–Crippen MR) is 77.9 cm³/mol. The van der Waals surface area contributed by atoms with Crippen molar-refractivity contribution in [3.05, 3.63) is 42.0 Å². The van der Waals surface area contributed by atoms with Gasteiger partial charge in [-0.3, -0.25) is 4.79 Å². The molecule has 1 saturated carbocycles. The zero-order valence-electron chi connectivity index (χ0n) is 11.3. The molecule has 1 aromatic carbocycles.